The number of carbonyl (C=O) groups is 1. The number of hydrogen-bond acceptors (Lipinski definition) is 3. The lowest BCUT2D eigenvalue weighted by Crippen LogP contribution is -2.27. The van der Waals surface area contributed by atoms with Crippen molar-refractivity contribution in [1.29, 1.82) is 0 Å². The summed E-state index contributed by atoms with van der Waals surface area (Å²) in [5.41, 5.74) is 1.88. The highest BCUT2D eigenvalue weighted by Crippen LogP contribution is 2.28. The highest BCUT2D eigenvalue weighted by Gasteiger charge is 2.21. The van der Waals surface area contributed by atoms with E-state index in [1.54, 1.807) is 18.2 Å². The third-order valence-electron chi connectivity index (χ3n) is 3.61. The normalized spacial score (nSPS) is 13.2. The molecule has 5 heteroatoms. The van der Waals surface area contributed by atoms with Gasteiger partial charge in [-0.15, -0.1) is 0 Å². The van der Waals surface area contributed by atoms with Crippen LogP contribution in [0.4, 0.5) is 5.69 Å². The van der Waals surface area contributed by atoms with Gasteiger partial charge in [0.15, 0.2) is 0 Å². The summed E-state index contributed by atoms with van der Waals surface area (Å²) < 4.78 is 1.43. The molecule has 1 aliphatic rings. The monoisotopic (exact) mass is 277 g/mol. The third-order valence-corrected chi connectivity index (χ3v) is 3.61. The molecule has 5 nitrogen and oxygen atoms in total. The lowest BCUT2D eigenvalue weighted by atomic mass is 10.1. The number of aromatic nitrogens is 2. The van der Waals surface area contributed by atoms with Gasteiger partial charge < -0.3 is 5.32 Å². The number of nitrogens with zero attached hydrogens (tertiary/aromatic N) is 2. The second-order valence-corrected chi connectivity index (χ2v) is 4.94. The Morgan fingerprint density at radius 3 is 2.67 bits per heavy atom. The molecule has 4 rings (SSSR count). The number of para-hydroxylation sites is 2. The van der Waals surface area contributed by atoms with E-state index >= 15 is 0 Å². The Kier molecular flexibility index (Phi) is 2.41. The SMILES string of the molecule is O=C1Cn2c(nc3ccccc3c2=O)-c2ccccc2N1. The van der Waals surface area contributed by atoms with Crippen molar-refractivity contribution in [1.82, 2.24) is 9.55 Å². The quantitative estimate of drug-likeness (QED) is 0.683. The number of amides is 1. The summed E-state index contributed by atoms with van der Waals surface area (Å²) in [6.07, 6.45) is 0. The van der Waals surface area contributed by atoms with Gasteiger partial charge in [-0.3, -0.25) is 14.2 Å². The minimum Gasteiger partial charge on any atom is -0.324 e. The van der Waals surface area contributed by atoms with E-state index in [0.29, 0.717) is 22.4 Å². The molecule has 2 heterocycles. The van der Waals surface area contributed by atoms with Crippen molar-refractivity contribution in [2.75, 3.05) is 5.32 Å². The molecule has 0 atom stereocenters. The van der Waals surface area contributed by atoms with Gasteiger partial charge in [0.25, 0.3) is 5.56 Å². The van der Waals surface area contributed by atoms with Crippen LogP contribution in [0.15, 0.2) is 53.3 Å². The van der Waals surface area contributed by atoms with Crippen molar-refractivity contribution < 1.29 is 4.79 Å². The average Bonchev–Trinajstić information content (AvgIpc) is 2.64. The molecule has 0 bridgehead atoms. The topological polar surface area (TPSA) is 64.0 Å². The maximum atomic E-state index is 12.6. The summed E-state index contributed by atoms with van der Waals surface area (Å²) in [7, 11) is 0. The van der Waals surface area contributed by atoms with Crippen LogP contribution in [0.25, 0.3) is 22.3 Å². The molecule has 1 aromatic heterocycles. The highest BCUT2D eigenvalue weighted by atomic mass is 16.2. The fraction of sp³-hybridized carbons (Fsp3) is 0.0625. The van der Waals surface area contributed by atoms with Gasteiger partial charge in [0, 0.05) is 5.56 Å². The molecule has 1 N–H and O–H groups in total. The van der Waals surface area contributed by atoms with E-state index in [1.807, 2.05) is 30.3 Å². The zero-order valence-electron chi connectivity index (χ0n) is 11.0. The van der Waals surface area contributed by atoms with Crippen molar-refractivity contribution >= 4 is 22.5 Å². The Morgan fingerprint density at radius 1 is 1.00 bits per heavy atom. The first-order chi connectivity index (χ1) is 10.2. The zero-order chi connectivity index (χ0) is 14.4. The zero-order valence-corrected chi connectivity index (χ0v) is 11.0. The van der Waals surface area contributed by atoms with Crippen LogP contribution in [-0.4, -0.2) is 15.5 Å². The fourth-order valence-corrected chi connectivity index (χ4v) is 2.64. The predicted molar refractivity (Wildman–Crippen MR) is 80.1 cm³/mol. The van der Waals surface area contributed by atoms with Crippen molar-refractivity contribution in [3.63, 3.8) is 0 Å². The van der Waals surface area contributed by atoms with E-state index in [4.69, 9.17) is 0 Å². The molecular formula is C16H11N3O2. The highest BCUT2D eigenvalue weighted by molar-refractivity contribution is 5.97. The van der Waals surface area contributed by atoms with Crippen LogP contribution in [0.1, 0.15) is 0 Å². The first kappa shape index (κ1) is 11.8. The van der Waals surface area contributed by atoms with Crippen molar-refractivity contribution in [2.45, 2.75) is 6.54 Å². The van der Waals surface area contributed by atoms with Gasteiger partial charge in [0.05, 0.1) is 16.6 Å². The minimum absolute atomic E-state index is 0.0271. The molecule has 1 aliphatic heterocycles. The van der Waals surface area contributed by atoms with Crippen LogP contribution in [0, 0.1) is 0 Å². The summed E-state index contributed by atoms with van der Waals surface area (Å²) >= 11 is 0. The Labute approximate surface area is 119 Å². The fourth-order valence-electron chi connectivity index (χ4n) is 2.64. The van der Waals surface area contributed by atoms with E-state index < -0.39 is 0 Å². The molecule has 1 amide bonds. The van der Waals surface area contributed by atoms with Gasteiger partial charge in [0.2, 0.25) is 5.91 Å². The predicted octanol–water partition coefficient (Wildman–Crippen LogP) is 2.02. The van der Waals surface area contributed by atoms with Crippen molar-refractivity contribution in [3.05, 3.63) is 58.9 Å². The third kappa shape index (κ3) is 1.74. The molecular weight excluding hydrogens is 266 g/mol. The van der Waals surface area contributed by atoms with Crippen molar-refractivity contribution in [3.8, 4) is 11.4 Å². The number of fused-ring (bicyclic) bond motifs is 4. The summed E-state index contributed by atoms with van der Waals surface area (Å²) in [5.74, 6) is 0.299. The van der Waals surface area contributed by atoms with Gasteiger partial charge in [0.1, 0.15) is 12.4 Å². The molecule has 0 aliphatic carbocycles. The van der Waals surface area contributed by atoms with Crippen LogP contribution in [0.3, 0.4) is 0 Å². The maximum absolute atomic E-state index is 12.6. The number of nitrogens with one attached hydrogen (secondary N) is 1. The van der Waals surface area contributed by atoms with Crippen LogP contribution in [0.5, 0.6) is 0 Å². The Balaban J connectivity index is 2.16. The second kappa shape index (κ2) is 4.28. The van der Waals surface area contributed by atoms with E-state index in [9.17, 15) is 9.59 Å². The van der Waals surface area contributed by atoms with Crippen LogP contribution < -0.4 is 10.9 Å². The molecule has 3 aromatic rings. The average molecular weight is 277 g/mol. The summed E-state index contributed by atoms with van der Waals surface area (Å²) in [5, 5.41) is 3.33. The van der Waals surface area contributed by atoms with Crippen LogP contribution in [0.2, 0.25) is 0 Å². The number of hydrogen-bond donors (Lipinski definition) is 1. The van der Waals surface area contributed by atoms with E-state index in [1.165, 1.54) is 4.57 Å². The number of carbonyl (C=O) groups excluding carboxylic acids is 1. The van der Waals surface area contributed by atoms with Gasteiger partial charge >= 0.3 is 0 Å². The molecule has 0 spiro atoms. The number of anilines is 1. The molecule has 0 saturated heterocycles. The van der Waals surface area contributed by atoms with Gasteiger partial charge in [-0.25, -0.2) is 4.98 Å². The van der Waals surface area contributed by atoms with E-state index in [2.05, 4.69) is 10.3 Å². The van der Waals surface area contributed by atoms with E-state index in [-0.39, 0.29) is 18.0 Å². The largest absolute Gasteiger partial charge is 0.324 e. The van der Waals surface area contributed by atoms with Gasteiger partial charge in [-0.05, 0) is 24.3 Å². The first-order valence-electron chi connectivity index (χ1n) is 6.63. The number of benzene rings is 2. The lowest BCUT2D eigenvalue weighted by molar-refractivity contribution is -0.116. The molecule has 0 unspecified atom stereocenters. The molecule has 0 saturated carbocycles. The second-order valence-electron chi connectivity index (χ2n) is 4.94. The Bertz CT molecular complexity index is 944. The van der Waals surface area contributed by atoms with Gasteiger partial charge in [-0.2, -0.15) is 0 Å². The summed E-state index contributed by atoms with van der Waals surface area (Å²) in [6, 6.07) is 14.5. The first-order valence-corrected chi connectivity index (χ1v) is 6.63. The van der Waals surface area contributed by atoms with Gasteiger partial charge in [-0.1, -0.05) is 24.3 Å². The molecule has 0 radical (unpaired) electrons. The van der Waals surface area contributed by atoms with Crippen molar-refractivity contribution in [2.24, 2.45) is 0 Å². The lowest BCUT2D eigenvalue weighted by Gasteiger charge is -2.10. The number of rotatable bonds is 0. The maximum Gasteiger partial charge on any atom is 0.262 e. The Morgan fingerprint density at radius 2 is 1.76 bits per heavy atom. The Hall–Kier alpha value is -2.95. The molecule has 21 heavy (non-hydrogen) atoms. The standard InChI is InChI=1S/C16H11N3O2/c20-14-9-19-15(10-5-1-3-7-12(10)17-14)18-13-8-4-2-6-11(13)16(19)21/h1-8H,9H2,(H,17,20). The van der Waals surface area contributed by atoms with Crippen LogP contribution in [-0.2, 0) is 11.3 Å². The van der Waals surface area contributed by atoms with E-state index in [0.717, 1.165) is 5.56 Å². The smallest absolute Gasteiger partial charge is 0.262 e. The summed E-state index contributed by atoms with van der Waals surface area (Å²) in [4.78, 5) is 29.2. The van der Waals surface area contributed by atoms with Crippen LogP contribution >= 0.6 is 0 Å². The molecule has 102 valence electrons. The summed E-state index contributed by atoms with van der Waals surface area (Å²) in [6.45, 7) is -0.0271. The minimum atomic E-state index is -0.222. The molecule has 0 fully saturated rings. The molecule has 2 aromatic carbocycles.